The standard InChI is InChI=1S/C12H18N4O3/c1-2-4-18-6-7-19-5-3-16-10-11(8-12(16)17)9-14-15-13/h1,11H,3-10H2. The van der Waals surface area contributed by atoms with Gasteiger partial charge in [0.05, 0.1) is 19.8 Å². The summed E-state index contributed by atoms with van der Waals surface area (Å²) in [5.41, 5.74) is 8.24. The lowest BCUT2D eigenvalue weighted by Gasteiger charge is -2.16. The van der Waals surface area contributed by atoms with E-state index >= 15 is 0 Å². The average molecular weight is 266 g/mol. The minimum absolute atomic E-state index is 0.0883. The molecule has 19 heavy (non-hydrogen) atoms. The normalized spacial score (nSPS) is 18.2. The molecule has 0 N–H and O–H groups in total. The lowest BCUT2D eigenvalue weighted by atomic mass is 10.1. The number of rotatable bonds is 9. The van der Waals surface area contributed by atoms with Gasteiger partial charge in [-0.2, -0.15) is 0 Å². The number of ether oxygens (including phenoxy) is 2. The second-order valence-electron chi connectivity index (χ2n) is 4.19. The molecule has 1 saturated heterocycles. The van der Waals surface area contributed by atoms with Gasteiger partial charge in [0.2, 0.25) is 5.91 Å². The summed E-state index contributed by atoms with van der Waals surface area (Å²) in [7, 11) is 0. The lowest BCUT2D eigenvalue weighted by molar-refractivity contribution is -0.128. The molecule has 0 spiro atoms. The number of azide groups is 1. The number of terminal acetylenes is 1. The third kappa shape index (κ3) is 6.11. The van der Waals surface area contributed by atoms with Crippen molar-refractivity contribution >= 4 is 5.91 Å². The number of hydrogen-bond acceptors (Lipinski definition) is 4. The fourth-order valence-electron chi connectivity index (χ4n) is 1.87. The van der Waals surface area contributed by atoms with Gasteiger partial charge in [0.1, 0.15) is 6.61 Å². The zero-order chi connectivity index (χ0) is 13.9. The molecule has 0 radical (unpaired) electrons. The Hall–Kier alpha value is -1.74. The summed E-state index contributed by atoms with van der Waals surface area (Å²) >= 11 is 0. The average Bonchev–Trinajstić information content (AvgIpc) is 2.76. The van der Waals surface area contributed by atoms with E-state index in [1.54, 1.807) is 4.90 Å². The highest BCUT2D eigenvalue weighted by Gasteiger charge is 2.28. The first kappa shape index (κ1) is 15.3. The van der Waals surface area contributed by atoms with Crippen LogP contribution in [-0.4, -0.2) is 56.9 Å². The van der Waals surface area contributed by atoms with E-state index in [-0.39, 0.29) is 18.4 Å². The van der Waals surface area contributed by atoms with E-state index < -0.39 is 0 Å². The molecule has 7 heteroatoms. The Balaban J connectivity index is 2.08. The number of nitrogens with zero attached hydrogens (tertiary/aromatic N) is 4. The Morgan fingerprint density at radius 2 is 2.26 bits per heavy atom. The molecule has 0 saturated carbocycles. The van der Waals surface area contributed by atoms with Crippen LogP contribution in [0.2, 0.25) is 0 Å². The molecule has 0 aromatic carbocycles. The van der Waals surface area contributed by atoms with Crippen LogP contribution in [0.5, 0.6) is 0 Å². The van der Waals surface area contributed by atoms with Crippen LogP contribution in [0.3, 0.4) is 0 Å². The van der Waals surface area contributed by atoms with Crippen molar-refractivity contribution in [2.75, 3.05) is 46.1 Å². The number of amides is 1. The van der Waals surface area contributed by atoms with E-state index in [4.69, 9.17) is 21.4 Å². The van der Waals surface area contributed by atoms with Gasteiger partial charge in [-0.25, -0.2) is 0 Å². The van der Waals surface area contributed by atoms with Crippen LogP contribution >= 0.6 is 0 Å². The highest BCUT2D eigenvalue weighted by Crippen LogP contribution is 2.17. The van der Waals surface area contributed by atoms with Gasteiger partial charge in [-0.1, -0.05) is 11.0 Å². The van der Waals surface area contributed by atoms with E-state index in [0.29, 0.717) is 45.9 Å². The lowest BCUT2D eigenvalue weighted by Crippen LogP contribution is -2.29. The molecule has 1 aliphatic heterocycles. The summed E-state index contributed by atoms with van der Waals surface area (Å²) in [5, 5.41) is 3.50. The molecule has 1 aliphatic rings. The molecule has 1 atom stereocenters. The van der Waals surface area contributed by atoms with Crippen molar-refractivity contribution in [3.05, 3.63) is 10.4 Å². The molecule has 1 rings (SSSR count). The van der Waals surface area contributed by atoms with Crippen molar-refractivity contribution < 1.29 is 14.3 Å². The van der Waals surface area contributed by atoms with E-state index in [0.717, 1.165) is 0 Å². The second-order valence-corrected chi connectivity index (χ2v) is 4.19. The Morgan fingerprint density at radius 1 is 1.47 bits per heavy atom. The zero-order valence-corrected chi connectivity index (χ0v) is 10.8. The molecule has 7 nitrogen and oxygen atoms in total. The summed E-state index contributed by atoms with van der Waals surface area (Å²) in [6.07, 6.45) is 5.47. The highest BCUT2D eigenvalue weighted by molar-refractivity contribution is 5.78. The third-order valence-corrected chi connectivity index (χ3v) is 2.76. The molecule has 1 amide bonds. The maximum atomic E-state index is 11.6. The predicted molar refractivity (Wildman–Crippen MR) is 69.2 cm³/mol. The maximum Gasteiger partial charge on any atom is 0.223 e. The minimum Gasteiger partial charge on any atom is -0.377 e. The van der Waals surface area contributed by atoms with Gasteiger partial charge in [-0.3, -0.25) is 4.79 Å². The van der Waals surface area contributed by atoms with Crippen molar-refractivity contribution in [2.45, 2.75) is 6.42 Å². The van der Waals surface area contributed by atoms with E-state index in [1.807, 2.05) is 0 Å². The van der Waals surface area contributed by atoms with Crippen molar-refractivity contribution in [1.82, 2.24) is 4.90 Å². The van der Waals surface area contributed by atoms with Gasteiger partial charge in [0.25, 0.3) is 0 Å². The smallest absolute Gasteiger partial charge is 0.223 e. The fourth-order valence-corrected chi connectivity index (χ4v) is 1.87. The van der Waals surface area contributed by atoms with E-state index in [1.165, 1.54) is 0 Å². The van der Waals surface area contributed by atoms with Crippen LogP contribution in [0, 0.1) is 18.3 Å². The first-order valence-corrected chi connectivity index (χ1v) is 6.15. The fraction of sp³-hybridized carbons (Fsp3) is 0.750. The van der Waals surface area contributed by atoms with Crippen LogP contribution < -0.4 is 0 Å². The maximum absolute atomic E-state index is 11.6. The van der Waals surface area contributed by atoms with E-state index in [2.05, 4.69) is 15.9 Å². The number of hydrogen-bond donors (Lipinski definition) is 0. The quantitative estimate of drug-likeness (QED) is 0.203. The highest BCUT2D eigenvalue weighted by atomic mass is 16.5. The van der Waals surface area contributed by atoms with E-state index in [9.17, 15) is 4.79 Å². The van der Waals surface area contributed by atoms with Crippen molar-refractivity contribution in [3.8, 4) is 12.3 Å². The Kier molecular flexibility index (Phi) is 7.44. The first-order chi connectivity index (χ1) is 9.27. The Labute approximate surface area is 112 Å². The molecular formula is C12H18N4O3. The van der Waals surface area contributed by atoms with Gasteiger partial charge in [-0.15, -0.1) is 6.42 Å². The minimum atomic E-state index is 0.0883. The van der Waals surface area contributed by atoms with Crippen LogP contribution in [0.25, 0.3) is 10.4 Å². The molecule has 0 bridgehead atoms. The van der Waals surface area contributed by atoms with Crippen LogP contribution in [-0.2, 0) is 14.3 Å². The summed E-state index contributed by atoms with van der Waals surface area (Å²) in [6, 6.07) is 0. The summed E-state index contributed by atoms with van der Waals surface area (Å²) in [5.74, 6) is 2.58. The monoisotopic (exact) mass is 266 g/mol. The zero-order valence-electron chi connectivity index (χ0n) is 10.8. The molecule has 1 unspecified atom stereocenters. The van der Waals surface area contributed by atoms with Crippen LogP contribution in [0.4, 0.5) is 0 Å². The Morgan fingerprint density at radius 3 is 3.00 bits per heavy atom. The molecule has 0 aliphatic carbocycles. The van der Waals surface area contributed by atoms with Gasteiger partial charge in [-0.05, 0) is 11.4 Å². The largest absolute Gasteiger partial charge is 0.377 e. The molecule has 104 valence electrons. The van der Waals surface area contributed by atoms with Crippen LogP contribution in [0.15, 0.2) is 5.11 Å². The summed E-state index contributed by atoms with van der Waals surface area (Å²) in [4.78, 5) is 16.1. The van der Waals surface area contributed by atoms with Crippen molar-refractivity contribution in [1.29, 1.82) is 0 Å². The molecular weight excluding hydrogens is 248 g/mol. The number of carbonyl (C=O) groups excluding carboxylic acids is 1. The SMILES string of the molecule is C#CCOCCOCCN1CC(CN=[N+]=[N-])CC1=O. The Bertz CT molecular complexity index is 374. The van der Waals surface area contributed by atoms with Gasteiger partial charge < -0.3 is 14.4 Å². The topological polar surface area (TPSA) is 87.5 Å². The second kappa shape index (κ2) is 9.22. The van der Waals surface area contributed by atoms with Crippen molar-refractivity contribution in [3.63, 3.8) is 0 Å². The molecule has 1 fully saturated rings. The van der Waals surface area contributed by atoms with Gasteiger partial charge in [0, 0.05) is 31.0 Å². The van der Waals surface area contributed by atoms with Crippen molar-refractivity contribution in [2.24, 2.45) is 11.0 Å². The molecule has 0 aromatic rings. The first-order valence-electron chi connectivity index (χ1n) is 6.15. The predicted octanol–water partition coefficient (Wildman–Crippen LogP) is 0.812. The number of likely N-dealkylation sites (tertiary alicyclic amines) is 1. The van der Waals surface area contributed by atoms with Gasteiger partial charge >= 0.3 is 0 Å². The molecule has 0 aromatic heterocycles. The summed E-state index contributed by atoms with van der Waals surface area (Å²) < 4.78 is 10.4. The van der Waals surface area contributed by atoms with Gasteiger partial charge in [0.15, 0.2) is 0 Å². The molecule has 1 heterocycles. The number of carbonyl (C=O) groups is 1. The summed E-state index contributed by atoms with van der Waals surface area (Å²) in [6.45, 7) is 3.24. The third-order valence-electron chi connectivity index (χ3n) is 2.76. The van der Waals surface area contributed by atoms with Crippen LogP contribution in [0.1, 0.15) is 6.42 Å².